The molecule has 19 heavy (non-hydrogen) atoms. The summed E-state index contributed by atoms with van der Waals surface area (Å²) in [6.07, 6.45) is 0. The number of nitrogens with zero attached hydrogens (tertiary/aromatic N) is 1. The summed E-state index contributed by atoms with van der Waals surface area (Å²) in [5.74, 6) is -12.5. The average molecular weight is 275 g/mol. The fourth-order valence-electron chi connectivity index (χ4n) is 1.32. The van der Waals surface area contributed by atoms with Crippen molar-refractivity contribution in [2.45, 2.75) is 6.82 Å². The third-order valence-corrected chi connectivity index (χ3v) is 2.39. The zero-order chi connectivity index (χ0) is 14.9. The van der Waals surface area contributed by atoms with Gasteiger partial charge in [0, 0.05) is 0 Å². The van der Waals surface area contributed by atoms with Gasteiger partial charge in [-0.1, -0.05) is 6.82 Å². The van der Waals surface area contributed by atoms with E-state index in [0.29, 0.717) is 4.81 Å². The zero-order valence-corrected chi connectivity index (χ0v) is 9.76. The number of hydrogen-bond acceptors (Lipinski definition) is 3. The van der Waals surface area contributed by atoms with E-state index in [1.807, 2.05) is 0 Å². The van der Waals surface area contributed by atoms with Crippen molar-refractivity contribution >= 4 is 19.3 Å². The number of carbonyl (C=O) groups is 2. The summed E-state index contributed by atoms with van der Waals surface area (Å²) >= 11 is 0. The van der Waals surface area contributed by atoms with Crippen molar-refractivity contribution < 1.29 is 32.3 Å². The second-order valence-corrected chi connectivity index (χ2v) is 3.47. The predicted molar refractivity (Wildman–Crippen MR) is 54.3 cm³/mol. The van der Waals surface area contributed by atoms with Crippen LogP contribution in [0.15, 0.2) is 0 Å². The molecule has 0 heterocycles. The van der Waals surface area contributed by atoms with Crippen LogP contribution in [0.3, 0.4) is 0 Å². The van der Waals surface area contributed by atoms with E-state index in [1.165, 1.54) is 6.82 Å². The Labute approximate surface area is 105 Å². The Morgan fingerprint density at radius 2 is 1.42 bits per heavy atom. The molecule has 0 fully saturated rings. The first-order valence-electron chi connectivity index (χ1n) is 4.87. The first-order valence-corrected chi connectivity index (χ1v) is 4.87. The molecular formula is C10H6BF4NO3-. The van der Waals surface area contributed by atoms with Gasteiger partial charge in [0.1, 0.15) is 0 Å². The van der Waals surface area contributed by atoms with Crippen LogP contribution in [0.1, 0.15) is 20.7 Å². The third kappa shape index (κ3) is 2.40. The highest BCUT2D eigenvalue weighted by atomic mass is 19.2. The SMILES string of the molecule is C[B]N(C)C(=O)c1c(F)c(F)c(F)c(F)c1C(=O)[O-]. The lowest BCUT2D eigenvalue weighted by Gasteiger charge is -2.19. The summed E-state index contributed by atoms with van der Waals surface area (Å²) in [7, 11) is 2.19. The first kappa shape index (κ1) is 15.0. The number of rotatable bonds is 3. The van der Waals surface area contributed by atoms with Crippen LogP contribution in [0.2, 0.25) is 6.82 Å². The molecule has 0 saturated heterocycles. The monoisotopic (exact) mass is 275 g/mol. The van der Waals surface area contributed by atoms with Gasteiger partial charge in [-0.2, -0.15) is 0 Å². The summed E-state index contributed by atoms with van der Waals surface area (Å²) in [5, 5.41) is 10.7. The van der Waals surface area contributed by atoms with Crippen molar-refractivity contribution in [2.75, 3.05) is 7.05 Å². The third-order valence-electron chi connectivity index (χ3n) is 2.39. The van der Waals surface area contributed by atoms with E-state index in [2.05, 4.69) is 0 Å². The highest BCUT2D eigenvalue weighted by molar-refractivity contribution is 6.36. The van der Waals surface area contributed by atoms with Gasteiger partial charge in [0.25, 0.3) is 0 Å². The van der Waals surface area contributed by atoms with Crippen molar-refractivity contribution in [1.29, 1.82) is 0 Å². The highest BCUT2D eigenvalue weighted by Crippen LogP contribution is 2.24. The van der Waals surface area contributed by atoms with Crippen LogP contribution in [0.4, 0.5) is 17.6 Å². The van der Waals surface area contributed by atoms with Gasteiger partial charge in [-0.25, -0.2) is 17.6 Å². The molecule has 0 bridgehead atoms. The normalized spacial score (nSPS) is 10.2. The van der Waals surface area contributed by atoms with Gasteiger partial charge in [-0.3, -0.25) is 4.79 Å². The molecule has 101 valence electrons. The topological polar surface area (TPSA) is 60.4 Å². The molecule has 0 aliphatic heterocycles. The molecule has 1 aromatic rings. The number of carboxylic acid groups (broad SMARTS) is 1. The minimum atomic E-state index is -2.33. The molecule has 0 aliphatic carbocycles. The molecule has 1 rings (SSSR count). The number of aromatic carboxylic acids is 1. The van der Waals surface area contributed by atoms with Crippen LogP contribution < -0.4 is 5.11 Å². The van der Waals surface area contributed by atoms with Crippen LogP contribution in [-0.2, 0) is 0 Å². The minimum absolute atomic E-state index is 0.682. The first-order chi connectivity index (χ1) is 8.73. The van der Waals surface area contributed by atoms with Crippen molar-refractivity contribution in [1.82, 2.24) is 4.81 Å². The quantitative estimate of drug-likeness (QED) is 0.346. The van der Waals surface area contributed by atoms with Crippen molar-refractivity contribution in [3.05, 3.63) is 34.4 Å². The molecule has 0 saturated carbocycles. The Balaban J connectivity index is 3.71. The largest absolute Gasteiger partial charge is 0.545 e. The second-order valence-electron chi connectivity index (χ2n) is 3.47. The Morgan fingerprint density at radius 1 is 1.00 bits per heavy atom. The van der Waals surface area contributed by atoms with E-state index in [9.17, 15) is 32.3 Å². The van der Waals surface area contributed by atoms with Gasteiger partial charge in [-0.15, -0.1) is 0 Å². The van der Waals surface area contributed by atoms with Gasteiger partial charge < -0.3 is 14.7 Å². The predicted octanol–water partition coefficient (Wildman–Crippen LogP) is 0.346. The van der Waals surface area contributed by atoms with Crippen LogP contribution in [0, 0.1) is 23.3 Å². The van der Waals surface area contributed by atoms with E-state index in [0.717, 1.165) is 14.5 Å². The van der Waals surface area contributed by atoms with E-state index < -0.39 is 46.3 Å². The summed E-state index contributed by atoms with van der Waals surface area (Å²) < 4.78 is 52.7. The molecular weight excluding hydrogens is 269 g/mol. The molecule has 4 nitrogen and oxygen atoms in total. The summed E-state index contributed by atoms with van der Waals surface area (Å²) in [4.78, 5) is 23.0. The van der Waals surface area contributed by atoms with Crippen molar-refractivity contribution in [3.63, 3.8) is 0 Å². The number of amides is 1. The number of hydrogen-bond donors (Lipinski definition) is 0. The molecule has 1 radical (unpaired) electrons. The molecule has 0 N–H and O–H groups in total. The molecule has 0 atom stereocenters. The maximum atomic E-state index is 13.5. The van der Waals surface area contributed by atoms with Gasteiger partial charge in [0.15, 0.2) is 23.3 Å². The highest BCUT2D eigenvalue weighted by Gasteiger charge is 2.30. The molecule has 0 spiro atoms. The van der Waals surface area contributed by atoms with Gasteiger partial charge in [-0.05, 0) is 7.05 Å². The number of halogens is 4. The fourth-order valence-corrected chi connectivity index (χ4v) is 1.32. The van der Waals surface area contributed by atoms with Crippen molar-refractivity contribution in [3.8, 4) is 0 Å². The molecule has 0 aliphatic rings. The van der Waals surface area contributed by atoms with E-state index in [-0.39, 0.29) is 0 Å². The van der Waals surface area contributed by atoms with Crippen LogP contribution in [0.5, 0.6) is 0 Å². The summed E-state index contributed by atoms with van der Waals surface area (Å²) in [6, 6.07) is 0. The molecule has 1 aromatic carbocycles. The minimum Gasteiger partial charge on any atom is -0.545 e. The molecule has 9 heteroatoms. The maximum absolute atomic E-state index is 13.5. The maximum Gasteiger partial charge on any atom is 0.246 e. The van der Waals surface area contributed by atoms with E-state index >= 15 is 0 Å². The fraction of sp³-hybridized carbons (Fsp3) is 0.200. The Bertz CT molecular complexity index is 564. The molecule has 1 amide bonds. The van der Waals surface area contributed by atoms with E-state index in [1.54, 1.807) is 0 Å². The average Bonchev–Trinajstić information content (AvgIpc) is 2.37. The Kier molecular flexibility index (Phi) is 4.18. The Hall–Kier alpha value is -2.06. The summed E-state index contributed by atoms with van der Waals surface area (Å²) in [5.41, 5.74) is -3.09. The van der Waals surface area contributed by atoms with Crippen molar-refractivity contribution in [2.24, 2.45) is 0 Å². The number of benzene rings is 1. The lowest BCUT2D eigenvalue weighted by atomic mass is 9.94. The Morgan fingerprint density at radius 3 is 1.79 bits per heavy atom. The lowest BCUT2D eigenvalue weighted by molar-refractivity contribution is -0.255. The van der Waals surface area contributed by atoms with Gasteiger partial charge in [0.05, 0.1) is 17.1 Å². The molecule has 0 unspecified atom stereocenters. The van der Waals surface area contributed by atoms with Gasteiger partial charge >= 0.3 is 0 Å². The standard InChI is InChI=1S/C10H7BF4NO3/c1-11-16(2)9(17)3-4(10(18)19)6(13)8(15)7(14)5(3)12/h1-2H3,(H,18,19)/p-1. The second kappa shape index (κ2) is 5.29. The lowest BCUT2D eigenvalue weighted by Crippen LogP contribution is -2.35. The van der Waals surface area contributed by atoms with E-state index in [4.69, 9.17) is 0 Å². The van der Waals surface area contributed by atoms with Crippen LogP contribution >= 0.6 is 0 Å². The van der Waals surface area contributed by atoms with Crippen LogP contribution in [0.25, 0.3) is 0 Å². The molecule has 0 aromatic heterocycles. The smallest absolute Gasteiger partial charge is 0.246 e. The number of carbonyl (C=O) groups excluding carboxylic acids is 2. The summed E-state index contributed by atoms with van der Waals surface area (Å²) in [6.45, 7) is 1.34. The number of carboxylic acids is 1. The van der Waals surface area contributed by atoms with Gasteiger partial charge in [0.2, 0.25) is 13.3 Å². The van der Waals surface area contributed by atoms with Crippen LogP contribution in [-0.4, -0.2) is 31.1 Å². The zero-order valence-electron chi connectivity index (χ0n) is 9.76.